The molecule has 0 spiro atoms. The van der Waals surface area contributed by atoms with Crippen molar-refractivity contribution in [3.63, 3.8) is 0 Å². The molecule has 0 aliphatic carbocycles. The molecule has 4 nitrogen and oxygen atoms in total. The summed E-state index contributed by atoms with van der Waals surface area (Å²) >= 11 is 5.91. The van der Waals surface area contributed by atoms with Crippen molar-refractivity contribution in [1.82, 2.24) is 4.98 Å². The average molecular weight is 451 g/mol. The van der Waals surface area contributed by atoms with Gasteiger partial charge in [0.05, 0.1) is 10.6 Å². The molecular weight excluding hydrogens is 434 g/mol. The molecule has 0 fully saturated rings. The summed E-state index contributed by atoms with van der Waals surface area (Å²) in [7, 11) is 0. The minimum absolute atomic E-state index is 0.0110. The lowest BCUT2D eigenvalue weighted by Crippen LogP contribution is -2.27. The van der Waals surface area contributed by atoms with Gasteiger partial charge in [-0.25, -0.2) is 9.99 Å². The number of aryl methyl sites for hydroxylation is 1. The second-order valence-electron chi connectivity index (χ2n) is 6.46. The minimum atomic E-state index is -4.77. The van der Waals surface area contributed by atoms with Crippen molar-refractivity contribution < 1.29 is 26.3 Å². The molecule has 0 aliphatic rings. The van der Waals surface area contributed by atoms with E-state index in [2.05, 4.69) is 16.7 Å². The molecule has 0 aliphatic heterocycles. The molecule has 0 amide bonds. The average Bonchev–Trinajstić information content (AvgIpc) is 2.61. The third kappa shape index (κ3) is 5.65. The quantitative estimate of drug-likeness (QED) is 0.257. The van der Waals surface area contributed by atoms with Gasteiger partial charge in [0.25, 0.3) is 0 Å². The molecule has 0 bridgehead atoms. The van der Waals surface area contributed by atoms with Crippen LogP contribution >= 0.6 is 11.6 Å². The van der Waals surface area contributed by atoms with Crippen molar-refractivity contribution in [2.24, 2.45) is 5.10 Å². The number of hydrogen-bond acceptors (Lipinski definition) is 4. The normalized spacial score (nSPS) is 12.8. The van der Waals surface area contributed by atoms with E-state index in [0.717, 1.165) is 5.56 Å². The summed E-state index contributed by atoms with van der Waals surface area (Å²) in [6.07, 6.45) is -9.00. The monoisotopic (exact) mass is 450 g/mol. The van der Waals surface area contributed by atoms with Crippen molar-refractivity contribution in [2.75, 3.05) is 10.7 Å². The summed E-state index contributed by atoms with van der Waals surface area (Å²) in [5.74, 6) is -0.412. The van der Waals surface area contributed by atoms with E-state index in [9.17, 15) is 26.3 Å². The number of nitrogen functional groups attached to an aromatic ring is 1. The van der Waals surface area contributed by atoms with Gasteiger partial charge in [-0.3, -0.25) is 0 Å². The molecule has 0 saturated heterocycles. The largest absolute Gasteiger partial charge is 0.430 e. The van der Waals surface area contributed by atoms with Crippen LogP contribution in [0.1, 0.15) is 23.6 Å². The highest BCUT2D eigenvalue weighted by Crippen LogP contribution is 2.35. The number of pyridine rings is 1. The lowest BCUT2D eigenvalue weighted by atomic mass is 10.1. The van der Waals surface area contributed by atoms with Crippen molar-refractivity contribution in [3.05, 3.63) is 64.5 Å². The van der Waals surface area contributed by atoms with Crippen LogP contribution in [-0.2, 0) is 12.6 Å². The summed E-state index contributed by atoms with van der Waals surface area (Å²) in [5, 5.41) is 3.64. The van der Waals surface area contributed by atoms with Crippen LogP contribution < -0.4 is 10.7 Å². The highest BCUT2D eigenvalue weighted by molar-refractivity contribution is 6.33. The Balaban J connectivity index is 2.50. The SMILES string of the molecule is C=C(Cc1ccc(N)c(C)c1)N(/N=C(\C)C(F)(F)F)c1ncc(C(F)(F)F)cc1Cl. The first-order valence-corrected chi connectivity index (χ1v) is 8.76. The van der Waals surface area contributed by atoms with Crippen LogP contribution in [0, 0.1) is 6.92 Å². The van der Waals surface area contributed by atoms with Crippen LogP contribution in [0.5, 0.6) is 0 Å². The van der Waals surface area contributed by atoms with Gasteiger partial charge >= 0.3 is 12.4 Å². The summed E-state index contributed by atoms with van der Waals surface area (Å²) < 4.78 is 77.7. The maximum absolute atomic E-state index is 13.0. The summed E-state index contributed by atoms with van der Waals surface area (Å²) in [6, 6.07) is 5.54. The van der Waals surface area contributed by atoms with Crippen LogP contribution in [-0.4, -0.2) is 16.9 Å². The molecule has 1 heterocycles. The molecule has 2 rings (SSSR count). The van der Waals surface area contributed by atoms with Gasteiger partial charge in [-0.2, -0.15) is 31.4 Å². The van der Waals surface area contributed by atoms with Gasteiger partial charge in [0.2, 0.25) is 0 Å². The predicted octanol–water partition coefficient (Wildman–Crippen LogP) is 6.15. The van der Waals surface area contributed by atoms with Crippen molar-refractivity contribution >= 4 is 28.8 Å². The van der Waals surface area contributed by atoms with Crippen LogP contribution in [0.3, 0.4) is 0 Å². The molecule has 0 unspecified atom stereocenters. The van der Waals surface area contributed by atoms with E-state index in [1.807, 2.05) is 0 Å². The van der Waals surface area contributed by atoms with Gasteiger partial charge in [0.15, 0.2) is 5.82 Å². The maximum Gasteiger partial charge on any atom is 0.430 e. The smallest absolute Gasteiger partial charge is 0.399 e. The molecule has 1 aromatic carbocycles. The zero-order valence-electron chi connectivity index (χ0n) is 15.9. The first kappa shape index (κ1) is 23.5. The minimum Gasteiger partial charge on any atom is -0.399 e. The Morgan fingerprint density at radius 3 is 2.33 bits per heavy atom. The summed E-state index contributed by atoms with van der Waals surface area (Å²) in [4.78, 5) is 3.59. The van der Waals surface area contributed by atoms with E-state index in [1.165, 1.54) is 0 Å². The number of hydrogen-bond donors (Lipinski definition) is 1. The molecule has 30 heavy (non-hydrogen) atoms. The first-order chi connectivity index (χ1) is 13.7. The number of allylic oxidation sites excluding steroid dienone is 1. The summed E-state index contributed by atoms with van der Waals surface area (Å²) in [5.41, 5.74) is 5.29. The highest BCUT2D eigenvalue weighted by Gasteiger charge is 2.35. The third-order valence-corrected chi connectivity index (χ3v) is 4.33. The molecular formula is C19H17ClF6N4. The van der Waals surface area contributed by atoms with Crippen LogP contribution in [0.15, 0.2) is 47.8 Å². The van der Waals surface area contributed by atoms with Crippen molar-refractivity contribution in [3.8, 4) is 0 Å². The van der Waals surface area contributed by atoms with Gasteiger partial charge in [-0.15, -0.1) is 0 Å². The highest BCUT2D eigenvalue weighted by atomic mass is 35.5. The van der Waals surface area contributed by atoms with Gasteiger partial charge in [-0.05, 0) is 37.1 Å². The Hall–Kier alpha value is -2.75. The zero-order valence-corrected chi connectivity index (χ0v) is 16.6. The van der Waals surface area contributed by atoms with Gasteiger partial charge in [0, 0.05) is 24.0 Å². The van der Waals surface area contributed by atoms with E-state index < -0.39 is 34.5 Å². The van der Waals surface area contributed by atoms with Gasteiger partial charge in [0.1, 0.15) is 5.71 Å². The standard InChI is InChI=1S/C19H17ClF6N4/c1-10-6-13(4-5-16(10)27)7-11(2)30(29-12(3)18(21,22)23)17-15(20)8-14(9-28-17)19(24,25)26/h4-6,8-9H,2,7,27H2,1,3H3/b29-12+. The Labute approximate surface area is 173 Å². The number of aromatic nitrogens is 1. The van der Waals surface area contributed by atoms with Crippen molar-refractivity contribution in [2.45, 2.75) is 32.6 Å². The van der Waals surface area contributed by atoms with Gasteiger partial charge < -0.3 is 5.73 Å². The van der Waals surface area contributed by atoms with Crippen LogP contribution in [0.25, 0.3) is 0 Å². The zero-order chi connectivity index (χ0) is 22.9. The second kappa shape index (κ2) is 8.55. The van der Waals surface area contributed by atoms with Gasteiger partial charge in [-0.1, -0.05) is 30.3 Å². The third-order valence-electron chi connectivity index (χ3n) is 4.05. The number of rotatable bonds is 5. The maximum atomic E-state index is 13.0. The molecule has 0 radical (unpaired) electrons. The molecule has 0 atom stereocenters. The van der Waals surface area contributed by atoms with Crippen LogP contribution in [0.4, 0.5) is 37.8 Å². The lowest BCUT2D eigenvalue weighted by Gasteiger charge is -2.23. The van der Waals surface area contributed by atoms with Crippen LogP contribution in [0.2, 0.25) is 5.02 Å². The molecule has 0 saturated carbocycles. The Morgan fingerprint density at radius 1 is 1.20 bits per heavy atom. The fraction of sp³-hybridized carbons (Fsp3) is 0.263. The summed E-state index contributed by atoms with van der Waals surface area (Å²) in [6.45, 7) is 6.19. The molecule has 1 aromatic heterocycles. The molecule has 2 N–H and O–H groups in total. The number of hydrazone groups is 1. The first-order valence-electron chi connectivity index (χ1n) is 8.38. The number of alkyl halides is 6. The van der Waals surface area contributed by atoms with E-state index >= 15 is 0 Å². The number of nitrogens with two attached hydrogens (primary N) is 1. The Morgan fingerprint density at radius 2 is 1.83 bits per heavy atom. The Kier molecular flexibility index (Phi) is 6.70. The van der Waals surface area contributed by atoms with E-state index in [4.69, 9.17) is 17.3 Å². The number of halogens is 7. The second-order valence-corrected chi connectivity index (χ2v) is 6.86. The fourth-order valence-electron chi connectivity index (χ4n) is 2.37. The number of benzene rings is 1. The number of anilines is 2. The number of nitrogens with zero attached hydrogens (tertiary/aromatic N) is 3. The lowest BCUT2D eigenvalue weighted by molar-refractivity contribution is -0.137. The van der Waals surface area contributed by atoms with E-state index in [0.29, 0.717) is 35.4 Å². The molecule has 162 valence electrons. The fourth-order valence-corrected chi connectivity index (χ4v) is 2.62. The van der Waals surface area contributed by atoms with E-state index in [1.54, 1.807) is 25.1 Å². The topological polar surface area (TPSA) is 54.5 Å². The van der Waals surface area contributed by atoms with E-state index in [-0.39, 0.29) is 12.1 Å². The molecule has 2 aromatic rings. The molecule has 11 heteroatoms. The predicted molar refractivity (Wildman–Crippen MR) is 104 cm³/mol. The van der Waals surface area contributed by atoms with Crippen molar-refractivity contribution in [1.29, 1.82) is 0 Å². The Bertz CT molecular complexity index is 982.